The van der Waals surface area contributed by atoms with Crippen LogP contribution in [0.25, 0.3) is 11.3 Å². The van der Waals surface area contributed by atoms with E-state index in [4.69, 9.17) is 32.9 Å². The number of phenolic OH excluding ortho intramolecular Hbond substituents is 1. The Morgan fingerprint density at radius 3 is 2.82 bits per heavy atom. The summed E-state index contributed by atoms with van der Waals surface area (Å²) in [5, 5.41) is 13.1. The van der Waals surface area contributed by atoms with Crippen LogP contribution in [-0.2, 0) is 4.79 Å². The predicted molar refractivity (Wildman–Crippen MR) is 144 cm³/mol. The second kappa shape index (κ2) is 10.7. The largest absolute Gasteiger partial charge is 0.507 e. The number of hydrogen-bond acceptors (Lipinski definition) is 7. The van der Waals surface area contributed by atoms with Crippen molar-refractivity contribution >= 4 is 40.2 Å². The molecule has 38 heavy (non-hydrogen) atoms. The minimum absolute atomic E-state index is 0.0106. The van der Waals surface area contributed by atoms with Crippen LogP contribution >= 0.6 is 23.2 Å². The number of rotatable bonds is 4. The van der Waals surface area contributed by atoms with Gasteiger partial charge in [-0.2, -0.15) is 0 Å². The van der Waals surface area contributed by atoms with Crippen LogP contribution in [0.4, 0.5) is 10.2 Å². The Bertz CT molecular complexity index is 1290. The number of carbonyl (C=O) groups excluding carboxylic acids is 2. The molecular weight excluding hydrogens is 534 g/mol. The number of ether oxygens (including phenoxy) is 1. The number of aromatic hydroxyl groups is 1. The maximum Gasteiger partial charge on any atom is 0.262 e. The van der Waals surface area contributed by atoms with E-state index >= 15 is 4.39 Å². The highest BCUT2D eigenvalue weighted by atomic mass is 35.5. The zero-order valence-electron chi connectivity index (χ0n) is 21.1. The molecule has 5 rings (SSSR count). The lowest BCUT2D eigenvalue weighted by molar-refractivity contribution is -0.107. The number of aromatic nitrogens is 1. The second-order valence-corrected chi connectivity index (χ2v) is 10.8. The molecule has 0 aliphatic carbocycles. The summed E-state index contributed by atoms with van der Waals surface area (Å²) in [6.07, 6.45) is 4.75. The van der Waals surface area contributed by atoms with Crippen molar-refractivity contribution in [2.75, 3.05) is 31.1 Å². The molecule has 3 aliphatic rings. The van der Waals surface area contributed by atoms with E-state index in [1.54, 1.807) is 11.0 Å². The van der Waals surface area contributed by atoms with Gasteiger partial charge in [0.15, 0.2) is 5.75 Å². The van der Waals surface area contributed by atoms with Crippen LogP contribution < -0.4 is 15.0 Å². The lowest BCUT2D eigenvalue weighted by atomic mass is 9.91. The molecule has 2 saturated heterocycles. The summed E-state index contributed by atoms with van der Waals surface area (Å²) in [4.78, 5) is 34.3. The number of nitrogens with zero attached hydrogens (tertiary/aromatic N) is 3. The smallest absolute Gasteiger partial charge is 0.262 e. The Morgan fingerprint density at radius 1 is 1.29 bits per heavy atom. The van der Waals surface area contributed by atoms with Crippen LogP contribution in [0.1, 0.15) is 37.0 Å². The Morgan fingerprint density at radius 2 is 2.08 bits per heavy atom. The van der Waals surface area contributed by atoms with Crippen molar-refractivity contribution in [3.05, 3.63) is 46.8 Å². The second-order valence-electron chi connectivity index (χ2n) is 10.1. The van der Waals surface area contributed by atoms with Crippen LogP contribution in [0.15, 0.2) is 30.4 Å². The van der Waals surface area contributed by atoms with Crippen molar-refractivity contribution < 1.29 is 23.8 Å². The first kappa shape index (κ1) is 26.7. The van der Waals surface area contributed by atoms with E-state index in [1.807, 2.05) is 4.90 Å². The van der Waals surface area contributed by atoms with E-state index in [0.717, 1.165) is 12.8 Å². The number of allylic oxidation sites excluding steroid dienone is 1. The maximum atomic E-state index is 15.0. The predicted octanol–water partition coefficient (Wildman–Crippen LogP) is 4.37. The fraction of sp³-hybridized carbons (Fsp3) is 0.444. The molecule has 2 N–H and O–H groups in total. The number of carbonyl (C=O) groups is 2. The summed E-state index contributed by atoms with van der Waals surface area (Å²) in [6, 6.07) is 3.18. The summed E-state index contributed by atoms with van der Waals surface area (Å²) >= 11 is 12.4. The van der Waals surface area contributed by atoms with E-state index in [9.17, 15) is 14.7 Å². The van der Waals surface area contributed by atoms with Crippen molar-refractivity contribution in [3.8, 4) is 22.8 Å². The number of halogens is 3. The molecule has 4 heterocycles. The molecule has 1 amide bonds. The van der Waals surface area contributed by atoms with Gasteiger partial charge in [-0.25, -0.2) is 9.37 Å². The number of benzene rings is 1. The van der Waals surface area contributed by atoms with Crippen molar-refractivity contribution in [1.82, 2.24) is 15.2 Å². The fourth-order valence-corrected chi connectivity index (χ4v) is 5.95. The third-order valence-corrected chi connectivity index (χ3v) is 8.23. The number of anilines is 1. The maximum absolute atomic E-state index is 15.0. The molecule has 11 heteroatoms. The van der Waals surface area contributed by atoms with Gasteiger partial charge in [-0.05, 0) is 55.5 Å². The summed E-state index contributed by atoms with van der Waals surface area (Å²) in [7, 11) is 0. The van der Waals surface area contributed by atoms with Gasteiger partial charge < -0.3 is 25.0 Å². The zero-order chi connectivity index (χ0) is 27.1. The molecule has 3 aliphatic heterocycles. The van der Waals surface area contributed by atoms with Gasteiger partial charge in [0.2, 0.25) is 5.24 Å². The van der Waals surface area contributed by atoms with Gasteiger partial charge in [0.25, 0.3) is 5.91 Å². The average molecular weight is 563 g/mol. The number of piperidine rings is 1. The molecule has 1 aromatic heterocycles. The zero-order valence-corrected chi connectivity index (χ0v) is 22.6. The molecule has 0 spiro atoms. The average Bonchev–Trinajstić information content (AvgIpc) is 3.03. The molecule has 0 bridgehead atoms. The van der Waals surface area contributed by atoms with Crippen molar-refractivity contribution in [2.24, 2.45) is 5.92 Å². The number of amides is 1. The highest BCUT2D eigenvalue weighted by molar-refractivity contribution is 6.66. The number of fused-ring (bicyclic) bond motifs is 2. The molecule has 2 fully saturated rings. The number of phenols is 1. The van der Waals surface area contributed by atoms with Gasteiger partial charge in [0.1, 0.15) is 40.3 Å². The van der Waals surface area contributed by atoms with E-state index in [-0.39, 0.29) is 57.9 Å². The summed E-state index contributed by atoms with van der Waals surface area (Å²) < 4.78 is 21.2. The Hall–Kier alpha value is -2.88. The van der Waals surface area contributed by atoms with Gasteiger partial charge in [0.05, 0.1) is 17.6 Å². The summed E-state index contributed by atoms with van der Waals surface area (Å²) in [6.45, 7) is 5.86. The van der Waals surface area contributed by atoms with Gasteiger partial charge in [-0.1, -0.05) is 30.7 Å². The first-order chi connectivity index (χ1) is 18.2. The van der Waals surface area contributed by atoms with Crippen molar-refractivity contribution in [1.29, 1.82) is 0 Å². The third-order valence-electron chi connectivity index (χ3n) is 7.75. The summed E-state index contributed by atoms with van der Waals surface area (Å²) in [5.41, 5.74) is 0.0485. The van der Waals surface area contributed by atoms with Crippen LogP contribution in [-0.4, -0.2) is 70.5 Å². The van der Waals surface area contributed by atoms with Crippen molar-refractivity contribution in [3.63, 3.8) is 0 Å². The first-order valence-corrected chi connectivity index (χ1v) is 13.5. The minimum Gasteiger partial charge on any atom is -0.507 e. The molecule has 202 valence electrons. The van der Waals surface area contributed by atoms with Crippen LogP contribution in [0, 0.1) is 11.7 Å². The molecule has 2 aromatic rings. The third kappa shape index (κ3) is 4.72. The quantitative estimate of drug-likeness (QED) is 0.422. The number of pyridine rings is 1. The van der Waals surface area contributed by atoms with Crippen molar-refractivity contribution in [2.45, 2.75) is 44.8 Å². The minimum atomic E-state index is -0.692. The lowest BCUT2D eigenvalue weighted by Crippen LogP contribution is -2.60. The Balaban J connectivity index is 1.73. The Kier molecular flexibility index (Phi) is 7.53. The van der Waals surface area contributed by atoms with Crippen LogP contribution in [0.3, 0.4) is 0 Å². The van der Waals surface area contributed by atoms with E-state index < -0.39 is 17.1 Å². The number of piperazine rings is 1. The SMILES string of the molecule is CC1CCCN(c2nc(-c3c(O)cccc3F)c(Cl)c3c2C(=O)N2C(/C=C/C(=O)Cl)CNC[C@@H]2CO3)C1C. The monoisotopic (exact) mass is 562 g/mol. The Labute approximate surface area is 230 Å². The van der Waals surface area contributed by atoms with E-state index in [0.29, 0.717) is 31.4 Å². The highest BCUT2D eigenvalue weighted by Crippen LogP contribution is 2.47. The summed E-state index contributed by atoms with van der Waals surface area (Å²) in [5.74, 6) is -0.594. The molecule has 3 unspecified atom stereocenters. The van der Waals surface area contributed by atoms with Gasteiger partial charge >= 0.3 is 0 Å². The van der Waals surface area contributed by atoms with E-state index in [1.165, 1.54) is 24.3 Å². The number of hydrogen-bond donors (Lipinski definition) is 2. The van der Waals surface area contributed by atoms with Crippen LogP contribution in [0.5, 0.6) is 11.5 Å². The number of nitrogens with one attached hydrogen (secondary N) is 1. The fourth-order valence-electron chi connectivity index (χ4n) is 5.59. The molecule has 1 aromatic carbocycles. The highest BCUT2D eigenvalue weighted by Gasteiger charge is 2.42. The lowest BCUT2D eigenvalue weighted by Gasteiger charge is -2.41. The first-order valence-electron chi connectivity index (χ1n) is 12.7. The van der Waals surface area contributed by atoms with Gasteiger partial charge in [0, 0.05) is 25.7 Å². The van der Waals surface area contributed by atoms with Gasteiger partial charge in [-0.3, -0.25) is 9.59 Å². The van der Waals surface area contributed by atoms with Crippen LogP contribution in [0.2, 0.25) is 5.02 Å². The molecule has 0 saturated carbocycles. The van der Waals surface area contributed by atoms with Gasteiger partial charge in [-0.15, -0.1) is 0 Å². The topological polar surface area (TPSA) is 95.0 Å². The molecule has 4 atom stereocenters. The standard InChI is InChI=1S/C27H29Cl2FN4O4/c1-14-5-4-10-33(15(14)2)26-22-25(23(29)24(32-26)21-18(30)6-3-7-19(21)35)38-13-17-12-31-11-16(8-9-20(28)36)34(17)27(22)37/h3,6-9,14-17,31,35H,4-5,10-13H2,1-2H3/b9-8+/t14?,15?,16?,17-/m1/s1. The molecular formula is C27H29Cl2FN4O4. The molecule has 0 radical (unpaired) electrons. The van der Waals surface area contributed by atoms with E-state index in [2.05, 4.69) is 19.2 Å². The molecule has 8 nitrogen and oxygen atoms in total. The normalized spacial score (nSPS) is 25.6.